The van der Waals surface area contributed by atoms with E-state index in [-0.39, 0.29) is 35.9 Å². The van der Waals surface area contributed by atoms with E-state index in [4.69, 9.17) is 15.4 Å². The minimum Gasteiger partial charge on any atom is -0.388 e. The number of likely N-dealkylation sites (N-methyl/N-ethyl adjacent to an activating group) is 1. The number of fused-ring (bicyclic) bond motifs is 2. The summed E-state index contributed by atoms with van der Waals surface area (Å²) in [6, 6.07) is 10.5. The van der Waals surface area contributed by atoms with E-state index in [2.05, 4.69) is 38.9 Å². The van der Waals surface area contributed by atoms with Gasteiger partial charge in [-0.3, -0.25) is 34.4 Å². The van der Waals surface area contributed by atoms with Gasteiger partial charge in [-0.25, -0.2) is 4.98 Å². The second-order valence-corrected chi connectivity index (χ2v) is 14.2. The Labute approximate surface area is 290 Å². The zero-order valence-electron chi connectivity index (χ0n) is 28.1. The lowest BCUT2D eigenvalue weighted by Gasteiger charge is -2.36. The van der Waals surface area contributed by atoms with Gasteiger partial charge in [-0.2, -0.15) is 0 Å². The third-order valence-corrected chi connectivity index (χ3v) is 10.7. The molecule has 2 aliphatic carbocycles. The summed E-state index contributed by atoms with van der Waals surface area (Å²) in [6.07, 6.45) is 7.94. The van der Waals surface area contributed by atoms with Crippen LogP contribution in [0, 0.1) is 17.2 Å². The van der Waals surface area contributed by atoms with Crippen molar-refractivity contribution in [3.8, 4) is 0 Å². The number of carbonyl (C=O) groups excluding carboxylic acids is 4. The van der Waals surface area contributed by atoms with E-state index in [9.17, 15) is 19.2 Å². The molecule has 1 unspecified atom stereocenters. The Morgan fingerprint density at radius 1 is 1.00 bits per heavy atom. The van der Waals surface area contributed by atoms with E-state index in [1.165, 1.54) is 0 Å². The summed E-state index contributed by atoms with van der Waals surface area (Å²) in [5, 5.41) is 18.1. The van der Waals surface area contributed by atoms with Crippen molar-refractivity contribution in [1.29, 1.82) is 5.41 Å². The molecule has 13 heteroatoms. The normalized spacial score (nSPS) is 24.3. The molecule has 4 N–H and O–H groups in total. The van der Waals surface area contributed by atoms with Crippen LogP contribution in [0.15, 0.2) is 48.8 Å². The zero-order valence-corrected chi connectivity index (χ0v) is 28.1. The van der Waals surface area contributed by atoms with Gasteiger partial charge >= 0.3 is 0 Å². The summed E-state index contributed by atoms with van der Waals surface area (Å²) in [6.45, 7) is 4.65. The number of benzene rings is 2. The highest BCUT2D eigenvalue weighted by Crippen LogP contribution is 2.36. The SMILES string of the molecule is CN1CCN(c2cccc3nc(/C(=C/NC4CC(CNc5ccc6c(c5)C(=O)N(C5CCC(=O)NC5=O)C6=O)C4)C(=N)C4CC4)cnc23)CC1. The highest BCUT2D eigenvalue weighted by molar-refractivity contribution is 6.24. The Bertz CT molecular complexity index is 1940. The maximum atomic E-state index is 13.2. The van der Waals surface area contributed by atoms with Gasteiger partial charge in [0.05, 0.1) is 34.2 Å². The number of hydrogen-bond acceptors (Lipinski definition) is 11. The second-order valence-electron chi connectivity index (χ2n) is 14.2. The highest BCUT2D eigenvalue weighted by atomic mass is 16.2. The number of nitrogens with one attached hydrogen (secondary N) is 4. The maximum Gasteiger partial charge on any atom is 0.262 e. The van der Waals surface area contributed by atoms with Crippen LogP contribution in [-0.4, -0.2) is 101 Å². The Hall–Kier alpha value is -5.17. The molecule has 3 aliphatic heterocycles. The molecule has 2 saturated heterocycles. The van der Waals surface area contributed by atoms with Crippen molar-refractivity contribution >= 4 is 57.3 Å². The summed E-state index contributed by atoms with van der Waals surface area (Å²) in [7, 11) is 2.15. The van der Waals surface area contributed by atoms with Gasteiger partial charge < -0.3 is 25.8 Å². The fourth-order valence-corrected chi connectivity index (χ4v) is 7.42. The molecule has 3 aromatic rings. The minimum atomic E-state index is -0.980. The number of piperazine rings is 1. The lowest BCUT2D eigenvalue weighted by Crippen LogP contribution is -2.54. The van der Waals surface area contributed by atoms with E-state index in [1.54, 1.807) is 18.2 Å². The molecule has 0 bridgehead atoms. The standard InChI is InChI=1S/C37H41N9O4/c1-44-11-13-45(14-12-44)30-4-2-3-28-34(30)41-20-29(42-28)27(33(38)22-5-6-22)19-40-24-15-21(16-24)18-39-23-7-8-25-26(17-23)37(50)46(36(25)49)31-9-10-32(47)43-35(31)48/h2-4,7-8,17,19-22,24,31,38-40H,5-6,9-16,18H2,1H3,(H,43,47,48)/b27-19-,38-33?. The fraction of sp³-hybridized carbons (Fsp3) is 0.432. The predicted octanol–water partition coefficient (Wildman–Crippen LogP) is 3.03. The predicted molar refractivity (Wildman–Crippen MR) is 189 cm³/mol. The number of allylic oxidation sites excluding steroid dienone is 1. The van der Waals surface area contributed by atoms with E-state index in [1.807, 2.05) is 24.5 Å². The van der Waals surface area contributed by atoms with Gasteiger partial charge in [0.1, 0.15) is 11.6 Å². The molecule has 4 heterocycles. The molecule has 5 aliphatic rings. The molecule has 2 saturated carbocycles. The Morgan fingerprint density at radius 2 is 1.78 bits per heavy atom. The smallest absolute Gasteiger partial charge is 0.262 e. The first-order valence-corrected chi connectivity index (χ1v) is 17.6. The summed E-state index contributed by atoms with van der Waals surface area (Å²) in [5.41, 5.74) is 6.24. The number of hydrogen-bond donors (Lipinski definition) is 4. The molecule has 1 aromatic heterocycles. The largest absolute Gasteiger partial charge is 0.388 e. The van der Waals surface area contributed by atoms with Gasteiger partial charge in [0, 0.05) is 74.3 Å². The second kappa shape index (κ2) is 12.9. The zero-order chi connectivity index (χ0) is 34.5. The number of rotatable bonds is 10. The van der Waals surface area contributed by atoms with E-state index < -0.39 is 29.7 Å². The van der Waals surface area contributed by atoms with Crippen LogP contribution in [0.2, 0.25) is 0 Å². The Balaban J connectivity index is 0.892. The first-order valence-electron chi connectivity index (χ1n) is 17.6. The van der Waals surface area contributed by atoms with Crippen LogP contribution in [0.1, 0.15) is 64.9 Å². The fourth-order valence-electron chi connectivity index (χ4n) is 7.42. The van der Waals surface area contributed by atoms with Crippen LogP contribution < -0.4 is 20.9 Å². The molecule has 1 atom stereocenters. The summed E-state index contributed by atoms with van der Waals surface area (Å²) in [5.74, 6) is -1.36. The minimum absolute atomic E-state index is 0.0870. The topological polar surface area (TPSA) is 164 Å². The number of imide groups is 2. The number of aromatic nitrogens is 2. The van der Waals surface area contributed by atoms with Crippen LogP contribution in [0.5, 0.6) is 0 Å². The summed E-state index contributed by atoms with van der Waals surface area (Å²) < 4.78 is 0. The van der Waals surface area contributed by atoms with Gasteiger partial charge in [-0.1, -0.05) is 6.07 Å². The number of anilines is 2. The average Bonchev–Trinajstić information content (AvgIpc) is 3.92. The number of carbonyl (C=O) groups is 4. The molecule has 8 rings (SSSR count). The van der Waals surface area contributed by atoms with Crippen molar-refractivity contribution in [2.24, 2.45) is 11.8 Å². The van der Waals surface area contributed by atoms with Crippen LogP contribution >= 0.6 is 0 Å². The van der Waals surface area contributed by atoms with Gasteiger partial charge in [-0.15, -0.1) is 0 Å². The molecule has 2 aromatic carbocycles. The summed E-state index contributed by atoms with van der Waals surface area (Å²) >= 11 is 0. The Morgan fingerprint density at radius 3 is 2.54 bits per heavy atom. The van der Waals surface area contributed by atoms with Crippen molar-refractivity contribution < 1.29 is 19.2 Å². The summed E-state index contributed by atoms with van der Waals surface area (Å²) in [4.78, 5) is 65.7. The van der Waals surface area contributed by atoms with Gasteiger partial charge in [0.25, 0.3) is 11.8 Å². The van der Waals surface area contributed by atoms with Crippen molar-refractivity contribution in [2.75, 3.05) is 50.0 Å². The molecule has 50 heavy (non-hydrogen) atoms. The maximum absolute atomic E-state index is 13.2. The molecule has 258 valence electrons. The first-order chi connectivity index (χ1) is 24.2. The van der Waals surface area contributed by atoms with Crippen molar-refractivity contribution in [3.05, 3.63) is 65.6 Å². The van der Waals surface area contributed by atoms with Crippen molar-refractivity contribution in [2.45, 2.75) is 50.6 Å². The molecule has 0 radical (unpaired) electrons. The van der Waals surface area contributed by atoms with Crippen molar-refractivity contribution in [1.82, 2.24) is 30.4 Å². The van der Waals surface area contributed by atoms with E-state index in [0.29, 0.717) is 18.2 Å². The lowest BCUT2D eigenvalue weighted by atomic mass is 9.80. The van der Waals surface area contributed by atoms with E-state index in [0.717, 1.165) is 90.4 Å². The number of amides is 4. The lowest BCUT2D eigenvalue weighted by molar-refractivity contribution is -0.136. The van der Waals surface area contributed by atoms with Gasteiger partial charge in [0.15, 0.2) is 0 Å². The van der Waals surface area contributed by atoms with Crippen molar-refractivity contribution in [3.63, 3.8) is 0 Å². The third kappa shape index (κ3) is 6.10. The van der Waals surface area contributed by atoms with E-state index >= 15 is 0 Å². The molecule has 4 fully saturated rings. The van der Waals surface area contributed by atoms with Gasteiger partial charge in [-0.05, 0) is 75.4 Å². The molecular formula is C37H41N9O4. The Kier molecular flexibility index (Phi) is 8.30. The van der Waals surface area contributed by atoms with Crippen LogP contribution in [0.4, 0.5) is 11.4 Å². The third-order valence-electron chi connectivity index (χ3n) is 10.7. The van der Waals surface area contributed by atoms with Gasteiger partial charge in [0.2, 0.25) is 11.8 Å². The average molecular weight is 676 g/mol. The molecule has 0 spiro atoms. The highest BCUT2D eigenvalue weighted by Gasteiger charge is 2.44. The molecule has 4 amide bonds. The van der Waals surface area contributed by atoms with Crippen LogP contribution in [-0.2, 0) is 9.59 Å². The number of para-hydroxylation sites is 1. The first kappa shape index (κ1) is 32.1. The number of piperidine rings is 1. The quantitative estimate of drug-likeness (QED) is 0.186. The number of nitrogens with zero attached hydrogens (tertiary/aromatic N) is 5. The van der Waals surface area contributed by atoms with Crippen LogP contribution in [0.25, 0.3) is 16.6 Å². The monoisotopic (exact) mass is 675 g/mol. The molecule has 13 nitrogen and oxygen atoms in total. The van der Waals surface area contributed by atoms with Crippen LogP contribution in [0.3, 0.4) is 0 Å². The molecular weight excluding hydrogens is 634 g/mol.